The average molecular weight is 465 g/mol. The predicted molar refractivity (Wildman–Crippen MR) is 123 cm³/mol. The van der Waals surface area contributed by atoms with Crippen LogP contribution in [-0.2, 0) is 9.59 Å². The van der Waals surface area contributed by atoms with Gasteiger partial charge in [0.2, 0.25) is 11.8 Å². The van der Waals surface area contributed by atoms with Crippen molar-refractivity contribution >= 4 is 52.1 Å². The summed E-state index contributed by atoms with van der Waals surface area (Å²) in [6.45, 7) is 0. The van der Waals surface area contributed by atoms with Crippen LogP contribution in [0.3, 0.4) is 0 Å². The molecule has 9 nitrogen and oxygen atoms in total. The van der Waals surface area contributed by atoms with Gasteiger partial charge in [-0.1, -0.05) is 35.9 Å². The van der Waals surface area contributed by atoms with Crippen molar-refractivity contribution in [1.29, 1.82) is 0 Å². The van der Waals surface area contributed by atoms with Crippen molar-refractivity contribution in [2.24, 2.45) is 0 Å². The van der Waals surface area contributed by atoms with Crippen molar-refractivity contribution in [1.82, 2.24) is 0 Å². The Bertz CT molecular complexity index is 1280. The lowest BCUT2D eigenvalue weighted by atomic mass is 10.0. The second-order valence-corrected chi connectivity index (χ2v) is 7.70. The van der Waals surface area contributed by atoms with Crippen LogP contribution in [0.15, 0.2) is 72.8 Å². The third-order valence-electron chi connectivity index (χ3n) is 5.05. The molecule has 0 saturated carbocycles. The number of nitrogens with zero attached hydrogens (tertiary/aromatic N) is 2. The number of fused-ring (bicyclic) bond motifs is 1. The van der Waals surface area contributed by atoms with Gasteiger partial charge < -0.3 is 10.6 Å². The second-order valence-electron chi connectivity index (χ2n) is 7.27. The van der Waals surface area contributed by atoms with Crippen LogP contribution < -0.4 is 15.5 Å². The van der Waals surface area contributed by atoms with E-state index in [1.54, 1.807) is 48.5 Å². The van der Waals surface area contributed by atoms with Crippen molar-refractivity contribution in [3.05, 3.63) is 93.5 Å². The molecule has 1 aliphatic heterocycles. The number of nitro benzene ring substituents is 1. The van der Waals surface area contributed by atoms with Gasteiger partial charge in [0, 0.05) is 28.4 Å². The molecule has 1 atom stereocenters. The number of rotatable bonds is 5. The Morgan fingerprint density at radius 1 is 1.06 bits per heavy atom. The zero-order valence-electron chi connectivity index (χ0n) is 17.0. The van der Waals surface area contributed by atoms with Gasteiger partial charge in [-0.05, 0) is 36.4 Å². The minimum Gasteiger partial charge on any atom is -0.326 e. The van der Waals surface area contributed by atoms with E-state index in [9.17, 15) is 24.5 Å². The van der Waals surface area contributed by atoms with Gasteiger partial charge in [0.15, 0.2) is 0 Å². The molecular weight excluding hydrogens is 448 g/mol. The van der Waals surface area contributed by atoms with Gasteiger partial charge in [-0.3, -0.25) is 29.4 Å². The van der Waals surface area contributed by atoms with E-state index in [0.29, 0.717) is 22.1 Å². The van der Waals surface area contributed by atoms with Crippen LogP contribution in [0, 0.1) is 10.1 Å². The van der Waals surface area contributed by atoms with Crippen LogP contribution >= 0.6 is 11.6 Å². The molecule has 1 aliphatic rings. The predicted octanol–water partition coefficient (Wildman–Crippen LogP) is 4.24. The minimum absolute atomic E-state index is 0.0222. The van der Waals surface area contributed by atoms with Crippen molar-refractivity contribution in [3.63, 3.8) is 0 Å². The number of benzene rings is 3. The molecule has 0 fully saturated rings. The van der Waals surface area contributed by atoms with E-state index in [-0.39, 0.29) is 17.7 Å². The third kappa shape index (κ3) is 4.68. The highest BCUT2D eigenvalue weighted by Gasteiger charge is 2.38. The van der Waals surface area contributed by atoms with E-state index in [2.05, 4.69) is 10.6 Å². The number of nitrogens with one attached hydrogen (secondary N) is 2. The zero-order valence-corrected chi connectivity index (χ0v) is 17.8. The molecule has 0 bridgehead atoms. The molecule has 0 aromatic heterocycles. The van der Waals surface area contributed by atoms with Crippen molar-refractivity contribution < 1.29 is 19.3 Å². The number of hydrogen-bond acceptors (Lipinski definition) is 5. The first-order valence-electron chi connectivity index (χ1n) is 9.87. The van der Waals surface area contributed by atoms with E-state index < -0.39 is 28.7 Å². The fourth-order valence-corrected chi connectivity index (χ4v) is 3.76. The van der Waals surface area contributed by atoms with Crippen LogP contribution in [0.2, 0.25) is 5.02 Å². The molecule has 2 N–H and O–H groups in total. The van der Waals surface area contributed by atoms with Crippen LogP contribution in [-0.4, -0.2) is 28.7 Å². The molecule has 33 heavy (non-hydrogen) atoms. The summed E-state index contributed by atoms with van der Waals surface area (Å²) in [4.78, 5) is 50.8. The molecule has 0 spiro atoms. The number of anilines is 3. The first kappa shape index (κ1) is 22.0. The number of carbonyl (C=O) groups excluding carboxylic acids is 3. The lowest BCUT2D eigenvalue weighted by Crippen LogP contribution is -2.52. The highest BCUT2D eigenvalue weighted by atomic mass is 35.5. The Labute approximate surface area is 193 Å². The van der Waals surface area contributed by atoms with E-state index >= 15 is 0 Å². The largest absolute Gasteiger partial charge is 0.326 e. The van der Waals surface area contributed by atoms with Crippen molar-refractivity contribution in [2.45, 2.75) is 12.5 Å². The lowest BCUT2D eigenvalue weighted by Gasteiger charge is -2.36. The SMILES string of the molecule is O=C(C[C@@H]1C(=O)Nc2ccccc2N1C(=O)c1cccc([N+](=O)[O-])c1)Nc1cccc(Cl)c1. The summed E-state index contributed by atoms with van der Waals surface area (Å²) in [5.41, 5.74) is 0.988. The zero-order chi connectivity index (χ0) is 23.5. The molecule has 3 aromatic rings. The molecule has 0 unspecified atom stereocenters. The minimum atomic E-state index is -1.18. The normalized spacial score (nSPS) is 14.8. The average Bonchev–Trinajstić information content (AvgIpc) is 2.79. The number of hydrogen-bond donors (Lipinski definition) is 2. The second kappa shape index (κ2) is 9.09. The maximum Gasteiger partial charge on any atom is 0.270 e. The number of halogens is 1. The standard InChI is InChI=1S/C23H17ClN4O5/c24-15-6-4-7-16(12-15)25-21(29)13-20-22(30)26-18-9-1-2-10-19(18)27(20)23(31)14-5-3-8-17(11-14)28(32)33/h1-12,20H,13H2,(H,25,29)(H,26,30)/t20-/m1/s1. The van der Waals surface area contributed by atoms with Gasteiger partial charge in [0.05, 0.1) is 22.7 Å². The van der Waals surface area contributed by atoms with Gasteiger partial charge in [0.25, 0.3) is 11.6 Å². The summed E-state index contributed by atoms with van der Waals surface area (Å²) in [5, 5.41) is 17.0. The first-order chi connectivity index (χ1) is 15.8. The summed E-state index contributed by atoms with van der Waals surface area (Å²) in [5.74, 6) is -1.69. The van der Waals surface area contributed by atoms with Gasteiger partial charge in [0.1, 0.15) is 6.04 Å². The van der Waals surface area contributed by atoms with E-state index in [4.69, 9.17) is 11.6 Å². The summed E-state index contributed by atoms with van der Waals surface area (Å²) in [7, 11) is 0. The molecule has 3 aromatic carbocycles. The maximum atomic E-state index is 13.5. The molecule has 3 amide bonds. The van der Waals surface area contributed by atoms with Crippen LogP contribution in [0.25, 0.3) is 0 Å². The molecule has 166 valence electrons. The molecule has 0 aliphatic carbocycles. The van der Waals surface area contributed by atoms with E-state index in [0.717, 1.165) is 6.07 Å². The number of non-ortho nitro benzene ring substituents is 1. The Kier molecular flexibility index (Phi) is 6.05. The topological polar surface area (TPSA) is 122 Å². The monoisotopic (exact) mass is 464 g/mol. The van der Waals surface area contributed by atoms with E-state index in [1.165, 1.54) is 23.1 Å². The van der Waals surface area contributed by atoms with Gasteiger partial charge >= 0.3 is 0 Å². The summed E-state index contributed by atoms with van der Waals surface area (Å²) >= 11 is 5.95. The molecule has 0 radical (unpaired) electrons. The molecule has 1 heterocycles. The molecule has 0 saturated heterocycles. The number of para-hydroxylation sites is 2. The summed E-state index contributed by atoms with van der Waals surface area (Å²) in [6, 6.07) is 17.2. The molecule has 4 rings (SSSR count). The van der Waals surface area contributed by atoms with E-state index in [1.807, 2.05) is 0 Å². The summed E-state index contributed by atoms with van der Waals surface area (Å²) < 4.78 is 0. The van der Waals surface area contributed by atoms with Crippen molar-refractivity contribution in [3.8, 4) is 0 Å². The Morgan fingerprint density at radius 2 is 1.82 bits per heavy atom. The highest BCUT2D eigenvalue weighted by molar-refractivity contribution is 6.31. The van der Waals surface area contributed by atoms with Crippen LogP contribution in [0.1, 0.15) is 16.8 Å². The Balaban J connectivity index is 1.68. The Morgan fingerprint density at radius 3 is 2.58 bits per heavy atom. The highest BCUT2D eigenvalue weighted by Crippen LogP contribution is 2.34. The third-order valence-corrected chi connectivity index (χ3v) is 5.28. The fraction of sp³-hybridized carbons (Fsp3) is 0.0870. The number of amides is 3. The van der Waals surface area contributed by atoms with Crippen molar-refractivity contribution in [2.75, 3.05) is 15.5 Å². The van der Waals surface area contributed by atoms with Gasteiger partial charge in [-0.25, -0.2) is 0 Å². The number of carbonyl (C=O) groups is 3. The molecule has 10 heteroatoms. The van der Waals surface area contributed by atoms with Gasteiger partial charge in [-0.2, -0.15) is 0 Å². The number of nitro groups is 1. The van der Waals surface area contributed by atoms with Gasteiger partial charge in [-0.15, -0.1) is 0 Å². The summed E-state index contributed by atoms with van der Waals surface area (Å²) in [6.07, 6.45) is -0.340. The maximum absolute atomic E-state index is 13.5. The van der Waals surface area contributed by atoms with Crippen LogP contribution in [0.4, 0.5) is 22.7 Å². The smallest absolute Gasteiger partial charge is 0.270 e. The molecular formula is C23H17ClN4O5. The first-order valence-corrected chi connectivity index (χ1v) is 10.2. The quantitative estimate of drug-likeness (QED) is 0.432. The lowest BCUT2D eigenvalue weighted by molar-refractivity contribution is -0.384. The Hall–Kier alpha value is -4.24. The van der Waals surface area contributed by atoms with Crippen LogP contribution in [0.5, 0.6) is 0 Å². The fourth-order valence-electron chi connectivity index (χ4n) is 3.57.